The fourth-order valence-electron chi connectivity index (χ4n) is 3.38. The van der Waals surface area contributed by atoms with E-state index in [1.165, 1.54) is 16.8 Å². The Balaban J connectivity index is 2.27. The molecular formula is C22H25ClN4. The second kappa shape index (κ2) is 7.97. The SMILES string of the molecule is C/C=C(/CC)n1c(C)nc(-c2ccncc2Cl)c1Nc1c(C)cccc1C. The number of rotatable bonds is 5. The van der Waals surface area contributed by atoms with E-state index in [1.54, 1.807) is 12.4 Å². The number of anilines is 2. The van der Waals surface area contributed by atoms with Crippen molar-refractivity contribution in [2.24, 2.45) is 0 Å². The maximum absolute atomic E-state index is 6.45. The number of allylic oxidation sites excluding steroid dienone is 2. The topological polar surface area (TPSA) is 42.7 Å². The van der Waals surface area contributed by atoms with Crippen LogP contribution in [0, 0.1) is 20.8 Å². The van der Waals surface area contributed by atoms with Gasteiger partial charge in [0.05, 0.1) is 5.02 Å². The Bertz CT molecular complexity index is 981. The van der Waals surface area contributed by atoms with Gasteiger partial charge in [-0.25, -0.2) is 4.98 Å². The standard InChI is InChI=1S/C22H25ClN4/c1-6-17(7-2)27-16(5)25-21(18-11-12-24-13-19(18)23)22(27)26-20-14(3)9-8-10-15(20)4/h6,8-13,26H,7H2,1-5H3/b17-6-. The minimum absolute atomic E-state index is 0.588. The van der Waals surface area contributed by atoms with Crippen molar-refractivity contribution in [3.05, 3.63) is 64.7 Å². The van der Waals surface area contributed by atoms with E-state index < -0.39 is 0 Å². The van der Waals surface area contributed by atoms with E-state index in [9.17, 15) is 0 Å². The van der Waals surface area contributed by atoms with Crippen molar-refractivity contribution in [2.45, 2.75) is 41.0 Å². The van der Waals surface area contributed by atoms with Crippen LogP contribution in [0.3, 0.4) is 0 Å². The highest BCUT2D eigenvalue weighted by atomic mass is 35.5. The van der Waals surface area contributed by atoms with Gasteiger partial charge in [-0.3, -0.25) is 9.55 Å². The summed E-state index contributed by atoms with van der Waals surface area (Å²) in [6.45, 7) is 10.4. The van der Waals surface area contributed by atoms with Gasteiger partial charge in [-0.15, -0.1) is 0 Å². The Labute approximate surface area is 165 Å². The minimum atomic E-state index is 0.588. The van der Waals surface area contributed by atoms with Gasteiger partial charge in [-0.1, -0.05) is 42.8 Å². The summed E-state index contributed by atoms with van der Waals surface area (Å²) in [7, 11) is 0. The first-order valence-corrected chi connectivity index (χ1v) is 9.53. The van der Waals surface area contributed by atoms with Crippen molar-refractivity contribution < 1.29 is 0 Å². The van der Waals surface area contributed by atoms with Crippen molar-refractivity contribution >= 4 is 28.8 Å². The van der Waals surface area contributed by atoms with Gasteiger partial charge in [-0.05, 0) is 51.3 Å². The van der Waals surface area contributed by atoms with Gasteiger partial charge in [0, 0.05) is 29.3 Å². The molecule has 2 heterocycles. The Morgan fingerprint density at radius 2 is 1.89 bits per heavy atom. The highest BCUT2D eigenvalue weighted by Gasteiger charge is 2.21. The molecule has 27 heavy (non-hydrogen) atoms. The van der Waals surface area contributed by atoms with Crippen LogP contribution in [-0.2, 0) is 0 Å². The lowest BCUT2D eigenvalue weighted by molar-refractivity contribution is 0.949. The van der Waals surface area contributed by atoms with E-state index in [0.717, 1.165) is 35.0 Å². The third kappa shape index (κ3) is 3.62. The molecule has 0 fully saturated rings. The van der Waals surface area contributed by atoms with Crippen LogP contribution in [-0.4, -0.2) is 14.5 Å². The molecule has 4 nitrogen and oxygen atoms in total. The predicted molar refractivity (Wildman–Crippen MR) is 115 cm³/mol. The zero-order valence-electron chi connectivity index (χ0n) is 16.5. The third-order valence-corrected chi connectivity index (χ3v) is 5.08. The Hall–Kier alpha value is -2.59. The zero-order valence-corrected chi connectivity index (χ0v) is 17.2. The molecular weight excluding hydrogens is 356 g/mol. The summed E-state index contributed by atoms with van der Waals surface area (Å²) in [6.07, 6.45) is 6.43. The Morgan fingerprint density at radius 3 is 2.48 bits per heavy atom. The molecule has 3 rings (SSSR count). The number of imidazole rings is 1. The summed E-state index contributed by atoms with van der Waals surface area (Å²) < 4.78 is 2.18. The van der Waals surface area contributed by atoms with Crippen LogP contribution in [0.25, 0.3) is 17.0 Å². The summed E-state index contributed by atoms with van der Waals surface area (Å²) in [5, 5.41) is 4.24. The molecule has 1 aromatic carbocycles. The largest absolute Gasteiger partial charge is 0.339 e. The number of para-hydroxylation sites is 1. The van der Waals surface area contributed by atoms with Gasteiger partial charge in [0.2, 0.25) is 0 Å². The van der Waals surface area contributed by atoms with E-state index in [4.69, 9.17) is 16.6 Å². The molecule has 0 amide bonds. The molecule has 3 aromatic rings. The first kappa shape index (κ1) is 19.2. The molecule has 5 heteroatoms. The molecule has 0 spiro atoms. The highest BCUT2D eigenvalue weighted by Crippen LogP contribution is 2.38. The number of nitrogens with zero attached hydrogens (tertiary/aromatic N) is 3. The molecule has 1 N–H and O–H groups in total. The quantitative estimate of drug-likeness (QED) is 0.546. The fourth-order valence-corrected chi connectivity index (χ4v) is 3.58. The molecule has 0 aliphatic heterocycles. The van der Waals surface area contributed by atoms with E-state index in [2.05, 4.69) is 66.8 Å². The summed E-state index contributed by atoms with van der Waals surface area (Å²) in [5.41, 5.74) is 6.35. The van der Waals surface area contributed by atoms with Crippen LogP contribution in [0.5, 0.6) is 0 Å². The van der Waals surface area contributed by atoms with Gasteiger partial charge >= 0.3 is 0 Å². The maximum Gasteiger partial charge on any atom is 0.143 e. The summed E-state index contributed by atoms with van der Waals surface area (Å²) >= 11 is 6.45. The lowest BCUT2D eigenvalue weighted by Crippen LogP contribution is -2.06. The number of aryl methyl sites for hydroxylation is 3. The molecule has 0 atom stereocenters. The van der Waals surface area contributed by atoms with Gasteiger partial charge < -0.3 is 5.32 Å². The summed E-state index contributed by atoms with van der Waals surface area (Å²) in [4.78, 5) is 8.97. The Kier molecular flexibility index (Phi) is 5.66. The van der Waals surface area contributed by atoms with Gasteiger partial charge in [0.15, 0.2) is 0 Å². The summed E-state index contributed by atoms with van der Waals surface area (Å²) in [6, 6.07) is 8.20. The normalized spacial score (nSPS) is 11.7. The highest BCUT2D eigenvalue weighted by molar-refractivity contribution is 6.33. The van der Waals surface area contributed by atoms with Crippen molar-refractivity contribution in [2.75, 3.05) is 5.32 Å². The molecule has 140 valence electrons. The lowest BCUT2D eigenvalue weighted by atomic mass is 10.1. The maximum atomic E-state index is 6.45. The van der Waals surface area contributed by atoms with Crippen molar-refractivity contribution in [3.8, 4) is 11.3 Å². The van der Waals surface area contributed by atoms with Gasteiger partial charge in [0.1, 0.15) is 17.3 Å². The fraction of sp³-hybridized carbons (Fsp3) is 0.273. The van der Waals surface area contributed by atoms with Crippen molar-refractivity contribution in [1.82, 2.24) is 14.5 Å². The molecule has 0 unspecified atom stereocenters. The number of hydrogen-bond donors (Lipinski definition) is 1. The number of benzene rings is 1. The number of nitrogens with one attached hydrogen (secondary N) is 1. The first-order chi connectivity index (χ1) is 13.0. The van der Waals surface area contributed by atoms with Gasteiger partial charge in [-0.2, -0.15) is 0 Å². The van der Waals surface area contributed by atoms with Crippen molar-refractivity contribution in [1.29, 1.82) is 0 Å². The van der Waals surface area contributed by atoms with Gasteiger partial charge in [0.25, 0.3) is 0 Å². The van der Waals surface area contributed by atoms with E-state index in [1.807, 2.05) is 13.0 Å². The average Bonchev–Trinajstić information content (AvgIpc) is 2.96. The average molecular weight is 381 g/mol. The third-order valence-electron chi connectivity index (χ3n) is 4.78. The number of halogens is 1. The minimum Gasteiger partial charge on any atom is -0.339 e. The van der Waals surface area contributed by atoms with Crippen LogP contribution in [0.4, 0.5) is 11.5 Å². The number of aromatic nitrogens is 3. The van der Waals surface area contributed by atoms with Crippen LogP contribution in [0.2, 0.25) is 5.02 Å². The van der Waals surface area contributed by atoms with E-state index in [-0.39, 0.29) is 0 Å². The smallest absolute Gasteiger partial charge is 0.143 e. The number of hydrogen-bond acceptors (Lipinski definition) is 3. The predicted octanol–water partition coefficient (Wildman–Crippen LogP) is 6.54. The number of pyridine rings is 1. The monoisotopic (exact) mass is 380 g/mol. The molecule has 2 aromatic heterocycles. The second-order valence-corrected chi connectivity index (χ2v) is 6.98. The van der Waals surface area contributed by atoms with Crippen LogP contribution in [0.1, 0.15) is 37.2 Å². The van der Waals surface area contributed by atoms with E-state index >= 15 is 0 Å². The lowest BCUT2D eigenvalue weighted by Gasteiger charge is -2.18. The summed E-state index contributed by atoms with van der Waals surface area (Å²) in [5.74, 6) is 1.84. The molecule has 0 aliphatic carbocycles. The van der Waals surface area contributed by atoms with Crippen LogP contribution >= 0.6 is 11.6 Å². The molecule has 0 bridgehead atoms. The Morgan fingerprint density at radius 1 is 1.19 bits per heavy atom. The molecule has 0 radical (unpaired) electrons. The zero-order chi connectivity index (χ0) is 19.6. The van der Waals surface area contributed by atoms with Crippen LogP contribution < -0.4 is 5.32 Å². The molecule has 0 saturated carbocycles. The van der Waals surface area contributed by atoms with Crippen molar-refractivity contribution in [3.63, 3.8) is 0 Å². The van der Waals surface area contributed by atoms with Crippen LogP contribution in [0.15, 0.2) is 42.7 Å². The first-order valence-electron chi connectivity index (χ1n) is 9.15. The molecule has 0 aliphatic rings. The van der Waals surface area contributed by atoms with E-state index in [0.29, 0.717) is 5.02 Å². The molecule has 0 saturated heterocycles. The second-order valence-electron chi connectivity index (χ2n) is 6.57.